The summed E-state index contributed by atoms with van der Waals surface area (Å²) in [5, 5.41) is 0.186. The monoisotopic (exact) mass is 462 g/mol. The standard InChI is InChI=1S/C23H19FN6O4/c24-16-3-1-2-4-17(16)28-7-9-29(10-8-28)22-25-12-15-20(26-22)27-23(32)30(21(15)31)14-5-6-18-19(11-14)34-13-33-18/h1-6,11-12H,7-10,13H2,(H,25,26,27,32). The van der Waals surface area contributed by atoms with Crippen molar-refractivity contribution in [3.63, 3.8) is 0 Å². The summed E-state index contributed by atoms with van der Waals surface area (Å²) in [5.41, 5.74) is -0.0758. The van der Waals surface area contributed by atoms with E-state index in [1.807, 2.05) is 15.9 Å². The van der Waals surface area contributed by atoms with Crippen molar-refractivity contribution in [3.05, 3.63) is 75.3 Å². The Hall–Kier alpha value is -4.41. The molecule has 1 fully saturated rings. The van der Waals surface area contributed by atoms with Gasteiger partial charge in [0.1, 0.15) is 11.2 Å². The van der Waals surface area contributed by atoms with Gasteiger partial charge in [0.25, 0.3) is 5.56 Å². The molecule has 2 aliphatic heterocycles. The maximum absolute atomic E-state index is 14.1. The molecule has 0 bridgehead atoms. The molecule has 2 aliphatic rings. The molecule has 0 amide bonds. The third-order valence-electron chi connectivity index (χ3n) is 6.01. The zero-order valence-corrected chi connectivity index (χ0v) is 17.9. The van der Waals surface area contributed by atoms with Crippen molar-refractivity contribution in [1.82, 2.24) is 19.5 Å². The number of aromatic nitrogens is 4. The number of fused-ring (bicyclic) bond motifs is 2. The Morgan fingerprint density at radius 2 is 1.71 bits per heavy atom. The first-order valence-electron chi connectivity index (χ1n) is 10.7. The molecule has 0 radical (unpaired) electrons. The van der Waals surface area contributed by atoms with Gasteiger partial charge in [-0.1, -0.05) is 12.1 Å². The van der Waals surface area contributed by atoms with E-state index in [1.165, 1.54) is 12.3 Å². The number of nitrogens with zero attached hydrogens (tertiary/aromatic N) is 5. The van der Waals surface area contributed by atoms with Crippen LogP contribution in [0.5, 0.6) is 11.5 Å². The van der Waals surface area contributed by atoms with Crippen LogP contribution in [0, 0.1) is 5.82 Å². The molecule has 34 heavy (non-hydrogen) atoms. The molecule has 0 saturated carbocycles. The van der Waals surface area contributed by atoms with Crippen LogP contribution in [-0.4, -0.2) is 52.5 Å². The minimum atomic E-state index is -0.620. The predicted molar refractivity (Wildman–Crippen MR) is 123 cm³/mol. The molecule has 2 aromatic carbocycles. The van der Waals surface area contributed by atoms with E-state index in [2.05, 4.69) is 15.0 Å². The van der Waals surface area contributed by atoms with Crippen molar-refractivity contribution in [2.24, 2.45) is 0 Å². The van der Waals surface area contributed by atoms with Crippen molar-refractivity contribution in [2.75, 3.05) is 42.8 Å². The summed E-state index contributed by atoms with van der Waals surface area (Å²) in [5.74, 6) is 1.16. The summed E-state index contributed by atoms with van der Waals surface area (Å²) in [6, 6.07) is 11.5. The summed E-state index contributed by atoms with van der Waals surface area (Å²) in [7, 11) is 0. The fourth-order valence-corrected chi connectivity index (χ4v) is 4.26. The zero-order chi connectivity index (χ0) is 23.2. The SMILES string of the molecule is O=c1[nH]c2nc(N3CCN(c4ccccc4F)CC3)ncc2c(=O)n1-c1ccc2c(c1)OCO2. The average molecular weight is 462 g/mol. The number of halogens is 1. The Labute approximate surface area is 191 Å². The number of nitrogens with one attached hydrogen (secondary N) is 1. The highest BCUT2D eigenvalue weighted by Gasteiger charge is 2.22. The van der Waals surface area contributed by atoms with Crippen LogP contribution in [0.15, 0.2) is 58.3 Å². The highest BCUT2D eigenvalue weighted by atomic mass is 19.1. The fourth-order valence-electron chi connectivity index (χ4n) is 4.26. The van der Waals surface area contributed by atoms with Crippen LogP contribution in [0.1, 0.15) is 0 Å². The van der Waals surface area contributed by atoms with Crippen LogP contribution < -0.4 is 30.5 Å². The van der Waals surface area contributed by atoms with Gasteiger partial charge in [-0.15, -0.1) is 0 Å². The number of H-pyrrole nitrogens is 1. The molecule has 0 spiro atoms. The predicted octanol–water partition coefficient (Wildman–Crippen LogP) is 1.66. The lowest BCUT2D eigenvalue weighted by Crippen LogP contribution is -2.47. The Bertz CT molecular complexity index is 1530. The second-order valence-corrected chi connectivity index (χ2v) is 7.97. The maximum Gasteiger partial charge on any atom is 0.334 e. The summed E-state index contributed by atoms with van der Waals surface area (Å²) >= 11 is 0. The molecule has 0 atom stereocenters. The van der Waals surface area contributed by atoms with E-state index < -0.39 is 11.2 Å². The lowest BCUT2D eigenvalue weighted by molar-refractivity contribution is 0.174. The number of ether oxygens (including phenoxy) is 2. The molecule has 2 aromatic heterocycles. The first-order valence-corrected chi connectivity index (χ1v) is 10.7. The van der Waals surface area contributed by atoms with E-state index in [4.69, 9.17) is 9.47 Å². The van der Waals surface area contributed by atoms with Gasteiger partial charge in [-0.05, 0) is 24.3 Å². The molecule has 1 N–H and O–H groups in total. The number of hydrogen-bond donors (Lipinski definition) is 1. The van der Waals surface area contributed by atoms with Crippen LogP contribution in [0.25, 0.3) is 16.7 Å². The number of anilines is 2. The largest absolute Gasteiger partial charge is 0.454 e. The highest BCUT2D eigenvalue weighted by molar-refractivity contribution is 5.74. The molecular weight excluding hydrogens is 443 g/mol. The van der Waals surface area contributed by atoms with Crippen LogP contribution in [0.2, 0.25) is 0 Å². The lowest BCUT2D eigenvalue weighted by atomic mass is 10.2. The summed E-state index contributed by atoms with van der Waals surface area (Å²) in [6.07, 6.45) is 1.42. The average Bonchev–Trinajstić information content (AvgIpc) is 3.32. The van der Waals surface area contributed by atoms with Crippen LogP contribution in [0.3, 0.4) is 0 Å². The van der Waals surface area contributed by atoms with E-state index in [9.17, 15) is 14.0 Å². The molecule has 11 heteroatoms. The Morgan fingerprint density at radius 3 is 2.53 bits per heavy atom. The number of rotatable bonds is 3. The quantitative estimate of drug-likeness (QED) is 0.490. The second-order valence-electron chi connectivity index (χ2n) is 7.97. The number of para-hydroxylation sites is 1. The van der Waals surface area contributed by atoms with Crippen molar-refractivity contribution >= 4 is 22.7 Å². The van der Waals surface area contributed by atoms with Crippen molar-refractivity contribution in [2.45, 2.75) is 0 Å². The number of aromatic amines is 1. The number of piperazine rings is 1. The van der Waals surface area contributed by atoms with Gasteiger partial charge in [0.2, 0.25) is 12.7 Å². The fraction of sp³-hybridized carbons (Fsp3) is 0.217. The van der Waals surface area contributed by atoms with E-state index in [1.54, 1.807) is 30.3 Å². The van der Waals surface area contributed by atoms with Gasteiger partial charge in [0.05, 0.1) is 11.4 Å². The molecule has 10 nitrogen and oxygen atoms in total. The zero-order valence-electron chi connectivity index (χ0n) is 17.9. The second kappa shape index (κ2) is 7.87. The molecule has 172 valence electrons. The summed E-state index contributed by atoms with van der Waals surface area (Å²) < 4.78 is 25.8. The Balaban J connectivity index is 1.29. The summed E-state index contributed by atoms with van der Waals surface area (Å²) in [6.45, 7) is 2.40. The molecule has 1 saturated heterocycles. The normalized spacial score (nSPS) is 15.2. The van der Waals surface area contributed by atoms with Gasteiger partial charge in [-0.3, -0.25) is 9.78 Å². The van der Waals surface area contributed by atoms with Crippen molar-refractivity contribution < 1.29 is 13.9 Å². The van der Waals surface area contributed by atoms with E-state index in [0.717, 1.165) is 4.57 Å². The first kappa shape index (κ1) is 20.2. The molecule has 4 heterocycles. The lowest BCUT2D eigenvalue weighted by Gasteiger charge is -2.36. The highest BCUT2D eigenvalue weighted by Crippen LogP contribution is 2.33. The third-order valence-corrected chi connectivity index (χ3v) is 6.01. The smallest absolute Gasteiger partial charge is 0.334 e. The number of hydrogen-bond acceptors (Lipinski definition) is 8. The topological polar surface area (TPSA) is 106 Å². The summed E-state index contributed by atoms with van der Waals surface area (Å²) in [4.78, 5) is 41.3. The van der Waals surface area contributed by atoms with Crippen LogP contribution in [-0.2, 0) is 0 Å². The van der Waals surface area contributed by atoms with Gasteiger partial charge < -0.3 is 19.3 Å². The minimum absolute atomic E-state index is 0.0902. The number of benzene rings is 2. The minimum Gasteiger partial charge on any atom is -0.454 e. The van der Waals surface area contributed by atoms with E-state index >= 15 is 0 Å². The van der Waals surface area contributed by atoms with Gasteiger partial charge in [0.15, 0.2) is 17.1 Å². The third kappa shape index (κ3) is 3.33. The first-order chi connectivity index (χ1) is 16.6. The van der Waals surface area contributed by atoms with Crippen molar-refractivity contribution in [1.29, 1.82) is 0 Å². The molecular formula is C23H19FN6O4. The van der Waals surface area contributed by atoms with Gasteiger partial charge in [0, 0.05) is 38.4 Å². The molecule has 0 aliphatic carbocycles. The van der Waals surface area contributed by atoms with Gasteiger partial charge in [-0.2, -0.15) is 4.98 Å². The van der Waals surface area contributed by atoms with Gasteiger partial charge >= 0.3 is 5.69 Å². The van der Waals surface area contributed by atoms with Crippen LogP contribution in [0.4, 0.5) is 16.0 Å². The Kier molecular flexibility index (Phi) is 4.68. The molecule has 6 rings (SSSR count). The van der Waals surface area contributed by atoms with Crippen molar-refractivity contribution in [3.8, 4) is 17.2 Å². The Morgan fingerprint density at radius 1 is 0.941 bits per heavy atom. The van der Waals surface area contributed by atoms with Crippen LogP contribution >= 0.6 is 0 Å². The van der Waals surface area contributed by atoms with E-state index in [0.29, 0.717) is 55.0 Å². The molecule has 4 aromatic rings. The molecule has 0 unspecified atom stereocenters. The maximum atomic E-state index is 14.1. The van der Waals surface area contributed by atoms with Gasteiger partial charge in [-0.25, -0.2) is 18.7 Å². The van der Waals surface area contributed by atoms with E-state index in [-0.39, 0.29) is 23.6 Å².